The zero-order chi connectivity index (χ0) is 27.8. The third-order valence-corrected chi connectivity index (χ3v) is 4.63. The third-order valence-electron chi connectivity index (χ3n) is 4.63. The summed E-state index contributed by atoms with van der Waals surface area (Å²) >= 11 is 0. The zero-order valence-electron chi connectivity index (χ0n) is 22.0. The minimum atomic E-state index is -1.51. The van der Waals surface area contributed by atoms with Crippen LogP contribution in [0, 0.1) is 0 Å². The lowest BCUT2D eigenvalue weighted by Crippen LogP contribution is -2.63. The number of ether oxygens (including phenoxy) is 7. The molecule has 6 atom stereocenters. The summed E-state index contributed by atoms with van der Waals surface area (Å²) in [7, 11) is 0. The van der Waals surface area contributed by atoms with Crippen LogP contribution in [0.4, 0.5) is 0 Å². The first-order valence-electron chi connectivity index (χ1n) is 11.4. The first-order chi connectivity index (χ1) is 16.5. The number of hydrogen-bond acceptors (Lipinski definition) is 12. The van der Waals surface area contributed by atoms with E-state index in [0.717, 1.165) is 27.7 Å². The second-order valence-electron chi connectivity index (χ2n) is 9.07. The van der Waals surface area contributed by atoms with Crippen LogP contribution in [0.2, 0.25) is 0 Å². The van der Waals surface area contributed by atoms with Gasteiger partial charge in [0.2, 0.25) is 6.29 Å². The van der Waals surface area contributed by atoms with Crippen molar-refractivity contribution in [2.75, 3.05) is 6.61 Å². The fraction of sp³-hybridized carbons (Fsp3) is 0.708. The molecule has 1 rings (SSSR count). The molecule has 0 saturated carbocycles. The summed E-state index contributed by atoms with van der Waals surface area (Å²) in [5.74, 6) is -3.33. The van der Waals surface area contributed by atoms with Crippen molar-refractivity contribution >= 4 is 29.7 Å². The highest BCUT2D eigenvalue weighted by molar-refractivity contribution is 5.95. The van der Waals surface area contributed by atoms with Crippen molar-refractivity contribution in [2.24, 2.45) is 0 Å². The van der Waals surface area contributed by atoms with Crippen molar-refractivity contribution in [3.05, 3.63) is 12.2 Å². The van der Waals surface area contributed by atoms with Gasteiger partial charge in [0.05, 0.1) is 5.60 Å². The average Bonchev–Trinajstić information content (AvgIpc) is 2.72. The highest BCUT2D eigenvalue weighted by Gasteiger charge is 2.53. The molecule has 1 fully saturated rings. The minimum absolute atomic E-state index is 0.0275. The Morgan fingerprint density at radius 2 is 1.33 bits per heavy atom. The van der Waals surface area contributed by atoms with Crippen molar-refractivity contribution in [1.82, 2.24) is 0 Å². The van der Waals surface area contributed by atoms with E-state index in [4.69, 9.17) is 33.2 Å². The summed E-state index contributed by atoms with van der Waals surface area (Å²) in [4.78, 5) is 59.6. The van der Waals surface area contributed by atoms with E-state index in [1.54, 1.807) is 27.7 Å². The third kappa shape index (κ3) is 10.0. The molecular weight excluding hydrogens is 480 g/mol. The number of Topliss-reactive ketones (excluding diaryl/α,β-unsaturated/α-hetero) is 1. The van der Waals surface area contributed by atoms with Crippen LogP contribution in [0.5, 0.6) is 0 Å². The molecule has 1 heterocycles. The molecule has 0 aromatic rings. The van der Waals surface area contributed by atoms with Crippen LogP contribution in [0.1, 0.15) is 61.8 Å². The Hall–Kier alpha value is -2.83. The summed E-state index contributed by atoms with van der Waals surface area (Å²) in [5.41, 5.74) is -0.833. The molecule has 1 aliphatic heterocycles. The Kier molecular flexibility index (Phi) is 11.7. The zero-order valence-corrected chi connectivity index (χ0v) is 22.0. The van der Waals surface area contributed by atoms with Crippen molar-refractivity contribution in [2.45, 2.75) is 104 Å². The SMILES string of the molecule is C=C(C(=O)CC)[C@H](O[C@@H]1O[C@H](COC(C)=O)[C@@H](OC(C)=O)[C@H](OC(C)=O)[C@H]1OC(C)=O)OC(C)(C)C. The molecule has 12 nitrogen and oxygen atoms in total. The summed E-state index contributed by atoms with van der Waals surface area (Å²) in [6.07, 6.45) is -8.16. The molecule has 204 valence electrons. The van der Waals surface area contributed by atoms with Crippen LogP contribution >= 0.6 is 0 Å². The maximum atomic E-state index is 12.4. The van der Waals surface area contributed by atoms with Gasteiger partial charge in [-0.25, -0.2) is 0 Å². The van der Waals surface area contributed by atoms with E-state index in [0.29, 0.717) is 0 Å². The maximum absolute atomic E-state index is 12.4. The molecule has 0 aliphatic carbocycles. The van der Waals surface area contributed by atoms with Gasteiger partial charge in [-0.2, -0.15) is 0 Å². The van der Waals surface area contributed by atoms with Gasteiger partial charge < -0.3 is 33.2 Å². The molecule has 0 N–H and O–H groups in total. The van der Waals surface area contributed by atoms with E-state index in [1.165, 1.54) is 0 Å². The standard InChI is InChI=1S/C24H36O12/c1-10-17(29)12(2)22(36-24(7,8)9)35-23-21(33-16(6)28)20(32-15(5)27)19(31-14(4)26)18(34-23)11-30-13(3)25/h18-23H,2,10-11H2,1,3-9H3/t18-,19-,20+,21-,22-,23+/m1/s1. The lowest BCUT2D eigenvalue weighted by atomic mass is 9.98. The Morgan fingerprint density at radius 1 is 0.833 bits per heavy atom. The molecule has 1 saturated heterocycles. The van der Waals surface area contributed by atoms with Crippen LogP contribution < -0.4 is 0 Å². The molecule has 0 radical (unpaired) electrons. The van der Waals surface area contributed by atoms with Gasteiger partial charge in [-0.05, 0) is 20.8 Å². The maximum Gasteiger partial charge on any atom is 0.303 e. The number of ketones is 1. The largest absolute Gasteiger partial charge is 0.463 e. The lowest BCUT2D eigenvalue weighted by Gasteiger charge is -2.45. The fourth-order valence-corrected chi connectivity index (χ4v) is 3.28. The second kappa shape index (κ2) is 13.5. The Labute approximate surface area is 210 Å². The second-order valence-corrected chi connectivity index (χ2v) is 9.07. The number of esters is 4. The summed E-state index contributed by atoms with van der Waals surface area (Å²) in [6, 6.07) is 0. The highest BCUT2D eigenvalue weighted by Crippen LogP contribution is 2.32. The van der Waals surface area contributed by atoms with Gasteiger partial charge in [0.1, 0.15) is 12.7 Å². The number of carbonyl (C=O) groups is 5. The molecule has 0 spiro atoms. The molecule has 0 aromatic carbocycles. The normalized spacial score (nSPS) is 24.7. The first-order valence-corrected chi connectivity index (χ1v) is 11.4. The van der Waals surface area contributed by atoms with Crippen molar-refractivity contribution in [3.63, 3.8) is 0 Å². The minimum Gasteiger partial charge on any atom is -0.463 e. The van der Waals surface area contributed by atoms with Crippen LogP contribution in [0.15, 0.2) is 12.2 Å². The smallest absolute Gasteiger partial charge is 0.303 e. The van der Waals surface area contributed by atoms with Gasteiger partial charge in [-0.15, -0.1) is 0 Å². The topological polar surface area (TPSA) is 150 Å². The summed E-state index contributed by atoms with van der Waals surface area (Å²) < 4.78 is 38.8. The average molecular weight is 517 g/mol. The predicted octanol–water partition coefficient (Wildman–Crippen LogP) is 1.76. The molecular formula is C24H36O12. The van der Waals surface area contributed by atoms with Crippen molar-refractivity contribution in [1.29, 1.82) is 0 Å². The van der Waals surface area contributed by atoms with E-state index in [2.05, 4.69) is 6.58 Å². The predicted molar refractivity (Wildman–Crippen MR) is 122 cm³/mol. The quantitative estimate of drug-likeness (QED) is 0.170. The Bertz CT molecular complexity index is 843. The molecule has 36 heavy (non-hydrogen) atoms. The van der Waals surface area contributed by atoms with Crippen molar-refractivity contribution in [3.8, 4) is 0 Å². The van der Waals surface area contributed by atoms with Gasteiger partial charge >= 0.3 is 23.9 Å². The van der Waals surface area contributed by atoms with Gasteiger partial charge in [-0.1, -0.05) is 13.5 Å². The van der Waals surface area contributed by atoms with E-state index < -0.39 is 73.1 Å². The van der Waals surface area contributed by atoms with Crippen LogP contribution in [0.3, 0.4) is 0 Å². The molecule has 0 unspecified atom stereocenters. The van der Waals surface area contributed by atoms with Crippen LogP contribution in [-0.2, 0) is 57.1 Å². The van der Waals surface area contributed by atoms with Gasteiger partial charge in [0, 0.05) is 39.7 Å². The number of hydrogen-bond donors (Lipinski definition) is 0. The van der Waals surface area contributed by atoms with E-state index >= 15 is 0 Å². The molecule has 0 bridgehead atoms. The summed E-state index contributed by atoms with van der Waals surface area (Å²) in [5, 5.41) is 0. The Morgan fingerprint density at radius 3 is 1.78 bits per heavy atom. The van der Waals surface area contributed by atoms with Gasteiger partial charge in [0.15, 0.2) is 30.4 Å². The molecule has 0 amide bonds. The number of rotatable bonds is 11. The highest BCUT2D eigenvalue weighted by atomic mass is 16.8. The Balaban J connectivity index is 3.54. The monoisotopic (exact) mass is 516 g/mol. The van der Waals surface area contributed by atoms with Crippen LogP contribution in [-0.4, -0.2) is 78.9 Å². The lowest BCUT2D eigenvalue weighted by molar-refractivity contribution is -0.341. The molecule has 12 heteroatoms. The molecule has 0 aromatic heterocycles. The summed E-state index contributed by atoms with van der Waals surface area (Å²) in [6.45, 7) is 14.7. The van der Waals surface area contributed by atoms with E-state index in [1.807, 2.05) is 0 Å². The first kappa shape index (κ1) is 31.2. The van der Waals surface area contributed by atoms with E-state index in [9.17, 15) is 24.0 Å². The van der Waals surface area contributed by atoms with Gasteiger partial charge in [-0.3, -0.25) is 24.0 Å². The fourth-order valence-electron chi connectivity index (χ4n) is 3.28. The van der Waals surface area contributed by atoms with E-state index in [-0.39, 0.29) is 17.8 Å². The van der Waals surface area contributed by atoms with Gasteiger partial charge in [0.25, 0.3) is 0 Å². The molecule has 1 aliphatic rings. The van der Waals surface area contributed by atoms with Crippen LogP contribution in [0.25, 0.3) is 0 Å². The van der Waals surface area contributed by atoms with Crippen molar-refractivity contribution < 1.29 is 57.1 Å². The number of carbonyl (C=O) groups excluding carboxylic acids is 5.